The molecule has 6 heteroatoms. The van der Waals surface area contributed by atoms with Gasteiger partial charge in [0.05, 0.1) is 18.0 Å². The van der Waals surface area contributed by atoms with Gasteiger partial charge in [-0.1, -0.05) is 6.07 Å². The van der Waals surface area contributed by atoms with Gasteiger partial charge in [-0.25, -0.2) is 8.78 Å². The lowest BCUT2D eigenvalue weighted by molar-refractivity contribution is 0.00385. The molecule has 0 radical (unpaired) electrons. The maximum atomic E-state index is 12.1. The molecule has 0 aliphatic rings. The summed E-state index contributed by atoms with van der Waals surface area (Å²) in [6, 6.07) is 5.02. The molecule has 0 amide bonds. The summed E-state index contributed by atoms with van der Waals surface area (Å²) in [6.07, 6.45) is -4.50. The van der Waals surface area contributed by atoms with Crippen molar-refractivity contribution in [2.45, 2.75) is 19.5 Å². The molecule has 0 heterocycles. The second-order valence-corrected chi connectivity index (χ2v) is 3.43. The van der Waals surface area contributed by atoms with E-state index in [-0.39, 0.29) is 6.54 Å². The lowest BCUT2D eigenvalue weighted by atomic mass is 10.2. The van der Waals surface area contributed by atoms with Crippen molar-refractivity contribution < 1.29 is 18.6 Å². The number of nitrogens with two attached hydrogens (primary N) is 1. The maximum absolute atomic E-state index is 12.1. The third-order valence-corrected chi connectivity index (χ3v) is 2.16. The maximum Gasteiger partial charge on any atom is 0.265 e. The number of aliphatic hydroxyl groups excluding tert-OH is 1. The molecular weight excluding hydrogens is 230 g/mol. The zero-order valence-corrected chi connectivity index (χ0v) is 9.49. The summed E-state index contributed by atoms with van der Waals surface area (Å²) in [5.74, 6) is 0.490. The molecule has 0 fully saturated rings. The molecule has 0 aliphatic heterocycles. The number of hydrogen-bond acceptors (Lipinski definition) is 4. The van der Waals surface area contributed by atoms with Crippen molar-refractivity contribution >= 4 is 11.4 Å². The highest BCUT2D eigenvalue weighted by Crippen LogP contribution is 2.29. The van der Waals surface area contributed by atoms with E-state index in [0.717, 1.165) is 0 Å². The first-order valence-corrected chi connectivity index (χ1v) is 5.27. The number of benzene rings is 1. The summed E-state index contributed by atoms with van der Waals surface area (Å²) in [5.41, 5.74) is 6.59. The number of halogens is 2. The molecule has 4 nitrogen and oxygen atoms in total. The lowest BCUT2D eigenvalue weighted by Gasteiger charge is -2.15. The first-order valence-electron chi connectivity index (χ1n) is 5.27. The van der Waals surface area contributed by atoms with E-state index in [1.807, 2.05) is 6.92 Å². The van der Waals surface area contributed by atoms with Gasteiger partial charge in [0.15, 0.2) is 0 Å². The second-order valence-electron chi connectivity index (χ2n) is 3.43. The fourth-order valence-electron chi connectivity index (χ4n) is 1.28. The van der Waals surface area contributed by atoms with Gasteiger partial charge < -0.3 is 20.9 Å². The molecule has 0 aromatic heterocycles. The Morgan fingerprint density at radius 1 is 1.47 bits per heavy atom. The van der Waals surface area contributed by atoms with Gasteiger partial charge in [-0.05, 0) is 19.1 Å². The molecular formula is C11H16F2N2O2. The third kappa shape index (κ3) is 3.74. The Morgan fingerprint density at radius 3 is 2.76 bits per heavy atom. The number of ether oxygens (including phenoxy) is 1. The first kappa shape index (κ1) is 13.5. The van der Waals surface area contributed by atoms with Crippen LogP contribution in [0.1, 0.15) is 6.92 Å². The monoisotopic (exact) mass is 246 g/mol. The van der Waals surface area contributed by atoms with Gasteiger partial charge in [0.2, 0.25) is 0 Å². The number of rotatable bonds is 6. The first-order chi connectivity index (χ1) is 8.06. The van der Waals surface area contributed by atoms with Crippen molar-refractivity contribution in [1.82, 2.24) is 0 Å². The largest absolute Gasteiger partial charge is 0.492 e. The summed E-state index contributed by atoms with van der Waals surface area (Å²) >= 11 is 0. The van der Waals surface area contributed by atoms with Crippen LogP contribution in [0.15, 0.2) is 18.2 Å². The van der Waals surface area contributed by atoms with E-state index < -0.39 is 12.5 Å². The van der Waals surface area contributed by atoms with Crippen LogP contribution in [0, 0.1) is 0 Å². The lowest BCUT2D eigenvalue weighted by Crippen LogP contribution is -2.27. The normalized spacial score (nSPS) is 12.5. The highest BCUT2D eigenvalue weighted by Gasteiger charge is 2.16. The van der Waals surface area contributed by atoms with Crippen LogP contribution in [0.25, 0.3) is 0 Å². The smallest absolute Gasteiger partial charge is 0.265 e. The quantitative estimate of drug-likeness (QED) is 0.668. The summed E-state index contributed by atoms with van der Waals surface area (Å²) in [5, 5.41) is 11.6. The Kier molecular flexibility index (Phi) is 4.96. The highest BCUT2D eigenvalue weighted by atomic mass is 19.3. The number of alkyl halides is 2. The number of nitrogens with one attached hydrogen (secondary N) is 1. The zero-order valence-electron chi connectivity index (χ0n) is 9.49. The summed E-state index contributed by atoms with van der Waals surface area (Å²) in [4.78, 5) is 0. The Balaban J connectivity index is 2.68. The standard InChI is InChI=1S/C11H16F2N2O2/c1-2-17-9-5-3-4-7(10(9)14)15-6-8(16)11(12)13/h3-5,8,11,15-16H,2,6,14H2,1H3. The predicted octanol–water partition coefficient (Wildman–Crippen LogP) is 1.71. The molecule has 0 aliphatic carbocycles. The van der Waals surface area contributed by atoms with Crippen molar-refractivity contribution in [3.8, 4) is 5.75 Å². The number of anilines is 2. The predicted molar refractivity (Wildman–Crippen MR) is 62.5 cm³/mol. The molecule has 1 atom stereocenters. The molecule has 1 aromatic carbocycles. The van der Waals surface area contributed by atoms with Crippen LogP contribution >= 0.6 is 0 Å². The van der Waals surface area contributed by atoms with E-state index in [1.165, 1.54) is 0 Å². The molecule has 4 N–H and O–H groups in total. The Morgan fingerprint density at radius 2 is 2.18 bits per heavy atom. The SMILES string of the molecule is CCOc1cccc(NCC(O)C(F)F)c1N. The fraction of sp³-hybridized carbons (Fsp3) is 0.455. The molecule has 0 spiro atoms. The van der Waals surface area contributed by atoms with Crippen LogP contribution in [0.2, 0.25) is 0 Å². The van der Waals surface area contributed by atoms with E-state index in [4.69, 9.17) is 15.6 Å². The van der Waals surface area contributed by atoms with E-state index in [9.17, 15) is 8.78 Å². The van der Waals surface area contributed by atoms with Crippen LogP contribution in [0.4, 0.5) is 20.2 Å². The molecule has 1 rings (SSSR count). The van der Waals surface area contributed by atoms with Crippen LogP contribution in [-0.4, -0.2) is 30.8 Å². The molecule has 0 bridgehead atoms. The van der Waals surface area contributed by atoms with Crippen molar-refractivity contribution in [2.24, 2.45) is 0 Å². The van der Waals surface area contributed by atoms with Crippen LogP contribution in [0.3, 0.4) is 0 Å². The molecule has 1 aromatic rings. The minimum atomic E-state index is -2.78. The van der Waals surface area contributed by atoms with Crippen LogP contribution in [0.5, 0.6) is 5.75 Å². The van der Waals surface area contributed by atoms with Gasteiger partial charge in [0, 0.05) is 6.54 Å². The third-order valence-electron chi connectivity index (χ3n) is 2.16. The average Bonchev–Trinajstić information content (AvgIpc) is 2.30. The van der Waals surface area contributed by atoms with E-state index in [2.05, 4.69) is 5.32 Å². The highest BCUT2D eigenvalue weighted by molar-refractivity contribution is 5.72. The van der Waals surface area contributed by atoms with Crippen molar-refractivity contribution in [3.63, 3.8) is 0 Å². The van der Waals surface area contributed by atoms with Gasteiger partial charge in [-0.2, -0.15) is 0 Å². The van der Waals surface area contributed by atoms with Gasteiger partial charge in [0.25, 0.3) is 6.43 Å². The number of nitrogen functional groups attached to an aromatic ring is 1. The van der Waals surface area contributed by atoms with Gasteiger partial charge in [-0.15, -0.1) is 0 Å². The van der Waals surface area contributed by atoms with Crippen LogP contribution in [-0.2, 0) is 0 Å². The number of aliphatic hydroxyl groups is 1. The molecule has 17 heavy (non-hydrogen) atoms. The fourth-order valence-corrected chi connectivity index (χ4v) is 1.28. The summed E-state index contributed by atoms with van der Waals surface area (Å²) in [6.45, 7) is 2.02. The van der Waals surface area contributed by atoms with Crippen molar-refractivity contribution in [3.05, 3.63) is 18.2 Å². The van der Waals surface area contributed by atoms with Crippen molar-refractivity contribution in [2.75, 3.05) is 24.2 Å². The van der Waals surface area contributed by atoms with E-state index >= 15 is 0 Å². The number of hydrogen-bond donors (Lipinski definition) is 3. The van der Waals surface area contributed by atoms with Gasteiger partial charge in [0.1, 0.15) is 11.9 Å². The topological polar surface area (TPSA) is 67.5 Å². The molecule has 96 valence electrons. The Labute approximate surface area is 98.4 Å². The minimum absolute atomic E-state index is 0.266. The van der Waals surface area contributed by atoms with Gasteiger partial charge >= 0.3 is 0 Å². The molecule has 0 saturated heterocycles. The average molecular weight is 246 g/mol. The van der Waals surface area contributed by atoms with Crippen LogP contribution < -0.4 is 15.8 Å². The van der Waals surface area contributed by atoms with Crippen molar-refractivity contribution in [1.29, 1.82) is 0 Å². The molecule has 1 unspecified atom stereocenters. The van der Waals surface area contributed by atoms with Gasteiger partial charge in [-0.3, -0.25) is 0 Å². The summed E-state index contributed by atoms with van der Waals surface area (Å²) in [7, 11) is 0. The summed E-state index contributed by atoms with van der Waals surface area (Å²) < 4.78 is 29.4. The molecule has 0 saturated carbocycles. The number of para-hydroxylation sites is 1. The Hall–Kier alpha value is -1.56. The second kappa shape index (κ2) is 6.24. The minimum Gasteiger partial charge on any atom is -0.492 e. The van der Waals surface area contributed by atoms with E-state index in [1.54, 1.807) is 18.2 Å². The Bertz CT molecular complexity index is 361. The zero-order chi connectivity index (χ0) is 12.8. The van der Waals surface area contributed by atoms with E-state index in [0.29, 0.717) is 23.7 Å².